The maximum absolute atomic E-state index is 8.60. The Balaban J connectivity index is 0. The van der Waals surface area contributed by atoms with Gasteiger partial charge < -0.3 is 10.2 Å². The van der Waals surface area contributed by atoms with E-state index in [2.05, 4.69) is 9.97 Å². The number of rotatable bonds is 2. The van der Waals surface area contributed by atoms with Gasteiger partial charge in [0.2, 0.25) is 0 Å². The largest absolute Gasteiger partial charge is 0.390 e. The first kappa shape index (κ1) is 21.5. The summed E-state index contributed by atoms with van der Waals surface area (Å²) in [5.74, 6) is 0. The second-order valence-corrected chi connectivity index (χ2v) is 3.86. The van der Waals surface area contributed by atoms with Crippen molar-refractivity contribution in [2.24, 2.45) is 0 Å². The number of aromatic nitrogens is 2. The summed E-state index contributed by atoms with van der Waals surface area (Å²) in [5.41, 5.74) is 3.35. The van der Waals surface area contributed by atoms with Crippen LogP contribution in [0.4, 0.5) is 0 Å². The highest BCUT2D eigenvalue weighted by Crippen LogP contribution is 1.96. The van der Waals surface area contributed by atoms with Crippen LogP contribution in [0.15, 0.2) is 36.4 Å². The third-order valence-corrected chi connectivity index (χ3v) is 2.22. The summed E-state index contributed by atoms with van der Waals surface area (Å²) < 4.78 is 0. The van der Waals surface area contributed by atoms with Crippen molar-refractivity contribution < 1.29 is 10.2 Å². The van der Waals surface area contributed by atoms with Crippen molar-refractivity contribution in [3.63, 3.8) is 0 Å². The Morgan fingerprint density at radius 3 is 1.29 bits per heavy atom. The van der Waals surface area contributed by atoms with Crippen molar-refractivity contribution in [2.75, 3.05) is 0 Å². The predicted octanol–water partition coefficient (Wildman–Crippen LogP) is 3.43. The molecule has 2 heterocycles. The summed E-state index contributed by atoms with van der Waals surface area (Å²) in [7, 11) is 0. The number of aliphatic hydroxyl groups excluding tert-OH is 2. The van der Waals surface area contributed by atoms with E-state index in [1.807, 2.05) is 52.0 Å². The van der Waals surface area contributed by atoms with Crippen LogP contribution in [0.25, 0.3) is 0 Å². The van der Waals surface area contributed by atoms with Crippen LogP contribution in [0.1, 0.15) is 44.0 Å². The topological polar surface area (TPSA) is 66.2 Å². The van der Waals surface area contributed by atoms with Gasteiger partial charge in [0.05, 0.1) is 24.6 Å². The van der Waals surface area contributed by atoms with Crippen molar-refractivity contribution in [1.29, 1.82) is 0 Å². The van der Waals surface area contributed by atoms with Gasteiger partial charge in [0.25, 0.3) is 0 Å². The molecule has 0 bridgehead atoms. The molecule has 0 saturated heterocycles. The van der Waals surface area contributed by atoms with Crippen molar-refractivity contribution in [3.05, 3.63) is 59.2 Å². The second kappa shape index (κ2) is 13.2. The van der Waals surface area contributed by atoms with Crippen LogP contribution in [-0.2, 0) is 13.2 Å². The summed E-state index contributed by atoms with van der Waals surface area (Å²) >= 11 is 0. The highest BCUT2D eigenvalue weighted by molar-refractivity contribution is 5.09. The Hall–Kier alpha value is -1.78. The molecule has 0 fully saturated rings. The van der Waals surface area contributed by atoms with E-state index in [-0.39, 0.29) is 20.6 Å². The lowest BCUT2D eigenvalue weighted by Gasteiger charge is -1.93. The van der Waals surface area contributed by atoms with Crippen molar-refractivity contribution in [1.82, 2.24) is 9.97 Å². The maximum atomic E-state index is 8.60. The quantitative estimate of drug-likeness (QED) is 0.890. The fourth-order valence-electron chi connectivity index (χ4n) is 1.38. The minimum atomic E-state index is 0. The van der Waals surface area contributed by atoms with Gasteiger partial charge in [0.15, 0.2) is 0 Å². The molecule has 0 aliphatic rings. The molecule has 0 unspecified atom stereocenters. The third kappa shape index (κ3) is 9.71. The summed E-state index contributed by atoms with van der Waals surface area (Å²) in [5, 5.41) is 17.2. The molecule has 2 N–H and O–H groups in total. The van der Waals surface area contributed by atoms with Gasteiger partial charge in [-0.2, -0.15) is 0 Å². The third-order valence-electron chi connectivity index (χ3n) is 2.22. The molecule has 4 nitrogen and oxygen atoms in total. The number of aliphatic hydroxyl groups is 2. The number of pyridine rings is 2. The van der Waals surface area contributed by atoms with E-state index in [0.29, 0.717) is 0 Å². The lowest BCUT2D eigenvalue weighted by atomic mass is 10.3. The van der Waals surface area contributed by atoms with E-state index < -0.39 is 0 Å². The molecule has 118 valence electrons. The molecular formula is C17H28N2O2. The highest BCUT2D eigenvalue weighted by atomic mass is 16.3. The molecule has 2 aromatic heterocycles. The van der Waals surface area contributed by atoms with Crippen LogP contribution in [0.5, 0.6) is 0 Å². The number of aryl methyl sites for hydroxylation is 2. The monoisotopic (exact) mass is 292 g/mol. The molecule has 0 aromatic carbocycles. The summed E-state index contributed by atoms with van der Waals surface area (Å²) in [6.07, 6.45) is 0. The molecule has 21 heavy (non-hydrogen) atoms. The molecule has 0 radical (unpaired) electrons. The van der Waals surface area contributed by atoms with E-state index in [9.17, 15) is 0 Å². The van der Waals surface area contributed by atoms with E-state index >= 15 is 0 Å². The van der Waals surface area contributed by atoms with Crippen LogP contribution in [0.3, 0.4) is 0 Å². The first-order valence-electron chi connectivity index (χ1n) is 6.72. The Morgan fingerprint density at radius 2 is 1.10 bits per heavy atom. The van der Waals surface area contributed by atoms with E-state index in [4.69, 9.17) is 10.2 Å². The highest BCUT2D eigenvalue weighted by Gasteiger charge is 1.89. The zero-order valence-electron chi connectivity index (χ0n) is 12.7. The fourth-order valence-corrected chi connectivity index (χ4v) is 1.38. The molecule has 0 aliphatic carbocycles. The average Bonchev–Trinajstić information content (AvgIpc) is 2.50. The van der Waals surface area contributed by atoms with Gasteiger partial charge in [-0.1, -0.05) is 33.4 Å². The number of nitrogens with zero attached hydrogens (tertiary/aromatic N) is 2. The SMILES string of the molecule is C.CC.Cc1cccc(CO)n1.Cc1cccc(CO)n1. The smallest absolute Gasteiger partial charge is 0.0853 e. The zero-order chi connectivity index (χ0) is 15.4. The van der Waals surface area contributed by atoms with Gasteiger partial charge in [-0.05, 0) is 38.1 Å². The minimum absolute atomic E-state index is 0. The molecular weight excluding hydrogens is 264 g/mol. The van der Waals surface area contributed by atoms with Crippen molar-refractivity contribution >= 4 is 0 Å². The van der Waals surface area contributed by atoms with Gasteiger partial charge >= 0.3 is 0 Å². The Kier molecular flexibility index (Phi) is 13.5. The average molecular weight is 292 g/mol. The normalized spacial score (nSPS) is 8.48. The van der Waals surface area contributed by atoms with Gasteiger partial charge in [0.1, 0.15) is 0 Å². The summed E-state index contributed by atoms with van der Waals surface area (Å²) in [6, 6.07) is 11.2. The van der Waals surface area contributed by atoms with E-state index in [1.165, 1.54) is 0 Å². The predicted molar refractivity (Wildman–Crippen MR) is 87.9 cm³/mol. The van der Waals surface area contributed by atoms with Gasteiger partial charge in [0, 0.05) is 11.4 Å². The molecule has 4 heteroatoms. The van der Waals surface area contributed by atoms with Gasteiger partial charge in [-0.25, -0.2) is 0 Å². The van der Waals surface area contributed by atoms with Crippen LogP contribution in [0, 0.1) is 13.8 Å². The molecule has 2 aromatic rings. The fraction of sp³-hybridized carbons (Fsp3) is 0.412. The van der Waals surface area contributed by atoms with Gasteiger partial charge in [-0.15, -0.1) is 0 Å². The van der Waals surface area contributed by atoms with Crippen LogP contribution in [0.2, 0.25) is 0 Å². The minimum Gasteiger partial charge on any atom is -0.390 e. The van der Waals surface area contributed by atoms with E-state index in [1.54, 1.807) is 12.1 Å². The Morgan fingerprint density at radius 1 is 0.762 bits per heavy atom. The summed E-state index contributed by atoms with van der Waals surface area (Å²) in [4.78, 5) is 8.08. The standard InChI is InChI=1S/2C7H9NO.C2H6.CH4/c2*1-6-3-2-4-7(5-9)8-6;1-2;/h2*2-4,9H,5H2,1H3;1-2H3;1H4. The molecule has 0 atom stereocenters. The maximum Gasteiger partial charge on any atom is 0.0853 e. The van der Waals surface area contributed by atoms with Crippen LogP contribution >= 0.6 is 0 Å². The first-order valence-corrected chi connectivity index (χ1v) is 6.72. The zero-order valence-corrected chi connectivity index (χ0v) is 12.7. The Bertz CT molecular complexity index is 442. The molecule has 0 amide bonds. The van der Waals surface area contributed by atoms with Gasteiger partial charge in [-0.3, -0.25) is 9.97 Å². The van der Waals surface area contributed by atoms with Crippen molar-refractivity contribution in [3.8, 4) is 0 Å². The molecule has 0 saturated carbocycles. The summed E-state index contributed by atoms with van der Waals surface area (Å²) in [6.45, 7) is 7.86. The first-order chi connectivity index (χ1) is 9.65. The van der Waals surface area contributed by atoms with Crippen LogP contribution < -0.4 is 0 Å². The lowest BCUT2D eigenvalue weighted by molar-refractivity contribution is 0.276. The number of hydrogen-bond acceptors (Lipinski definition) is 4. The second-order valence-electron chi connectivity index (χ2n) is 3.86. The number of hydrogen-bond donors (Lipinski definition) is 2. The molecule has 0 aliphatic heterocycles. The van der Waals surface area contributed by atoms with Crippen LogP contribution in [-0.4, -0.2) is 20.2 Å². The molecule has 0 spiro atoms. The Labute approximate surface area is 128 Å². The van der Waals surface area contributed by atoms with Crippen molar-refractivity contribution in [2.45, 2.75) is 48.3 Å². The lowest BCUT2D eigenvalue weighted by Crippen LogP contribution is -1.89. The van der Waals surface area contributed by atoms with E-state index in [0.717, 1.165) is 22.8 Å². The molecule has 2 rings (SSSR count).